The van der Waals surface area contributed by atoms with E-state index in [2.05, 4.69) is 40.2 Å². The van der Waals surface area contributed by atoms with Crippen LogP contribution in [-0.4, -0.2) is 34.1 Å². The highest BCUT2D eigenvalue weighted by atomic mass is 32.2. The second-order valence-electron chi connectivity index (χ2n) is 6.55. The summed E-state index contributed by atoms with van der Waals surface area (Å²) in [5.41, 5.74) is 5.14. The number of hydrogen-bond acceptors (Lipinski definition) is 5. The van der Waals surface area contributed by atoms with Crippen molar-refractivity contribution in [3.63, 3.8) is 0 Å². The van der Waals surface area contributed by atoms with Crippen LogP contribution < -0.4 is 4.90 Å². The maximum Gasteiger partial charge on any atom is 0.124 e. The van der Waals surface area contributed by atoms with Crippen molar-refractivity contribution in [1.29, 1.82) is 5.26 Å². The number of anilines is 1. The van der Waals surface area contributed by atoms with Crippen LogP contribution in [0, 0.1) is 18.3 Å². The topological polar surface area (TPSA) is 63.0 Å². The molecule has 0 saturated carbocycles. The first-order chi connectivity index (χ1) is 13.1. The van der Waals surface area contributed by atoms with Gasteiger partial charge in [-0.1, -0.05) is 29.4 Å². The van der Waals surface area contributed by atoms with E-state index in [1.54, 1.807) is 11.3 Å². The van der Waals surface area contributed by atoms with Crippen molar-refractivity contribution in [3.05, 3.63) is 59.8 Å². The molecule has 0 N–H and O–H groups in total. The minimum atomic E-state index is -0.655. The summed E-state index contributed by atoms with van der Waals surface area (Å²) in [4.78, 5) is 8.01. The highest BCUT2D eigenvalue weighted by Crippen LogP contribution is 2.34. The van der Waals surface area contributed by atoms with Crippen LogP contribution in [0.15, 0.2) is 48.7 Å². The fourth-order valence-electron chi connectivity index (χ4n) is 3.24. The van der Waals surface area contributed by atoms with Gasteiger partial charge in [-0.2, -0.15) is 5.26 Å². The van der Waals surface area contributed by atoms with Gasteiger partial charge in [-0.15, -0.1) is 11.3 Å². The number of benzene rings is 2. The summed E-state index contributed by atoms with van der Waals surface area (Å²) in [6.45, 7) is 3.72. The van der Waals surface area contributed by atoms with Gasteiger partial charge < -0.3 is 9.45 Å². The predicted molar refractivity (Wildman–Crippen MR) is 113 cm³/mol. The molecule has 6 heteroatoms. The molecule has 27 heavy (non-hydrogen) atoms. The Kier molecular flexibility index (Phi) is 5.17. The number of thiazole rings is 1. The second kappa shape index (κ2) is 7.73. The van der Waals surface area contributed by atoms with Gasteiger partial charge in [-0.3, -0.25) is 0 Å². The van der Waals surface area contributed by atoms with Gasteiger partial charge in [0.1, 0.15) is 16.5 Å². The Morgan fingerprint density at radius 2 is 1.89 bits per heavy atom. The molecule has 3 aromatic rings. The number of aromatic nitrogens is 1. The van der Waals surface area contributed by atoms with Gasteiger partial charge in [0.05, 0.1) is 29.6 Å². The van der Waals surface area contributed by atoms with Crippen LogP contribution >= 0.6 is 11.3 Å². The molecule has 1 aliphatic heterocycles. The number of nitriles is 1. The first-order valence-electron chi connectivity index (χ1n) is 8.81. The lowest BCUT2D eigenvalue weighted by molar-refractivity contribution is 0.586. The average Bonchev–Trinajstić information content (AvgIpc) is 3.18. The first kappa shape index (κ1) is 18.1. The van der Waals surface area contributed by atoms with Gasteiger partial charge in [-0.05, 0) is 42.3 Å². The lowest BCUT2D eigenvalue weighted by Gasteiger charge is -2.29. The van der Waals surface area contributed by atoms with E-state index in [0.717, 1.165) is 51.2 Å². The lowest BCUT2D eigenvalue weighted by atomic mass is 10.1. The van der Waals surface area contributed by atoms with E-state index in [1.165, 1.54) is 5.69 Å². The molecule has 0 aliphatic carbocycles. The van der Waals surface area contributed by atoms with Gasteiger partial charge in [0.2, 0.25) is 0 Å². The summed E-state index contributed by atoms with van der Waals surface area (Å²) in [5, 5.41) is 9.99. The Bertz CT molecular complexity index is 983. The zero-order valence-corrected chi connectivity index (χ0v) is 16.6. The molecule has 0 amide bonds. The summed E-state index contributed by atoms with van der Waals surface area (Å²) in [5.74, 6) is 1.51. The molecule has 1 aromatic heterocycles. The maximum atomic E-state index is 11.5. The summed E-state index contributed by atoms with van der Waals surface area (Å²) in [6.07, 6.45) is 1.91. The highest BCUT2D eigenvalue weighted by Gasteiger charge is 2.19. The Hall–Kier alpha value is -2.33. The van der Waals surface area contributed by atoms with Crippen molar-refractivity contribution in [2.75, 3.05) is 29.5 Å². The number of rotatable bonds is 3. The number of hydrogen-bond donors (Lipinski definition) is 0. The summed E-state index contributed by atoms with van der Waals surface area (Å²) >= 11 is 1.01. The van der Waals surface area contributed by atoms with Gasteiger partial charge in [0.25, 0.3) is 0 Å². The van der Waals surface area contributed by atoms with E-state index in [0.29, 0.717) is 5.56 Å². The minimum absolute atomic E-state index is 0.655. The van der Waals surface area contributed by atoms with E-state index in [9.17, 15) is 4.55 Å². The third kappa shape index (κ3) is 3.86. The van der Waals surface area contributed by atoms with Crippen LogP contribution in [0.25, 0.3) is 21.0 Å². The Morgan fingerprint density at radius 1 is 1.15 bits per heavy atom. The van der Waals surface area contributed by atoms with E-state index in [4.69, 9.17) is 5.26 Å². The van der Waals surface area contributed by atoms with Crippen LogP contribution in [-0.2, 0) is 11.2 Å². The largest absolute Gasteiger partial charge is 0.616 e. The zero-order chi connectivity index (χ0) is 18.8. The van der Waals surface area contributed by atoms with Crippen molar-refractivity contribution < 1.29 is 4.55 Å². The van der Waals surface area contributed by atoms with Gasteiger partial charge in [0.15, 0.2) is 0 Å². The molecular formula is C21H19N3OS2. The monoisotopic (exact) mass is 393 g/mol. The van der Waals surface area contributed by atoms with Crippen molar-refractivity contribution in [2.45, 2.75) is 6.92 Å². The molecule has 1 fully saturated rings. The maximum absolute atomic E-state index is 11.5. The molecule has 0 atom stereocenters. The average molecular weight is 394 g/mol. The van der Waals surface area contributed by atoms with Gasteiger partial charge >= 0.3 is 0 Å². The molecule has 0 spiro atoms. The molecular weight excluding hydrogens is 374 g/mol. The van der Waals surface area contributed by atoms with E-state index in [-0.39, 0.29) is 0 Å². The van der Waals surface area contributed by atoms with Crippen molar-refractivity contribution in [1.82, 2.24) is 4.98 Å². The fourth-order valence-corrected chi connectivity index (χ4v) is 5.30. The fraction of sp³-hybridized carbons (Fsp3) is 0.238. The van der Waals surface area contributed by atoms with Crippen molar-refractivity contribution in [3.8, 4) is 27.1 Å². The smallest absolute Gasteiger partial charge is 0.124 e. The molecule has 4 nitrogen and oxygen atoms in total. The minimum Gasteiger partial charge on any atom is -0.616 e. The molecule has 0 bridgehead atoms. The van der Waals surface area contributed by atoms with Crippen LogP contribution in [0.2, 0.25) is 0 Å². The highest BCUT2D eigenvalue weighted by molar-refractivity contribution is 7.91. The first-order valence-corrected chi connectivity index (χ1v) is 11.1. The summed E-state index contributed by atoms with van der Waals surface area (Å²) in [6, 6.07) is 16.4. The van der Waals surface area contributed by atoms with Crippen LogP contribution in [0.4, 0.5) is 5.69 Å². The number of nitrogens with zero attached hydrogens (tertiary/aromatic N) is 3. The molecule has 136 valence electrons. The SMILES string of the molecule is Cc1cc(C#N)ccc1-c1ncc(-c2ccc(N3CC[S+]([O-])CC3)cc2)s1. The molecule has 2 heterocycles. The molecule has 4 rings (SSSR count). The molecule has 0 unspecified atom stereocenters. The van der Waals surface area contributed by atoms with E-state index < -0.39 is 11.2 Å². The second-order valence-corrected chi connectivity index (χ2v) is 9.28. The molecule has 0 radical (unpaired) electrons. The van der Waals surface area contributed by atoms with E-state index in [1.807, 2.05) is 31.3 Å². The van der Waals surface area contributed by atoms with Crippen molar-refractivity contribution in [2.24, 2.45) is 0 Å². The van der Waals surface area contributed by atoms with Gasteiger partial charge in [0, 0.05) is 17.4 Å². The third-order valence-electron chi connectivity index (χ3n) is 4.79. The molecule has 1 aliphatic rings. The Balaban J connectivity index is 1.54. The summed E-state index contributed by atoms with van der Waals surface area (Å²) < 4.78 is 11.5. The van der Waals surface area contributed by atoms with Crippen LogP contribution in [0.5, 0.6) is 0 Å². The quantitative estimate of drug-likeness (QED) is 0.625. The standard InChI is InChI=1S/C21H19N3OS2/c1-15-12-16(13-22)2-7-19(15)21-23-14-20(26-21)17-3-5-18(6-4-17)24-8-10-27(25)11-9-24/h2-7,12,14H,8-11H2,1H3. The number of aryl methyl sites for hydroxylation is 1. The third-order valence-corrected chi connectivity index (χ3v) is 7.14. The van der Waals surface area contributed by atoms with Crippen molar-refractivity contribution >= 4 is 28.2 Å². The summed E-state index contributed by atoms with van der Waals surface area (Å²) in [7, 11) is 0. The lowest BCUT2D eigenvalue weighted by Crippen LogP contribution is -2.40. The Morgan fingerprint density at radius 3 is 2.56 bits per heavy atom. The zero-order valence-electron chi connectivity index (χ0n) is 15.0. The van der Waals surface area contributed by atoms with Gasteiger partial charge in [-0.25, -0.2) is 4.98 Å². The normalized spacial score (nSPS) is 14.9. The van der Waals surface area contributed by atoms with Crippen LogP contribution in [0.1, 0.15) is 11.1 Å². The molecule has 2 aromatic carbocycles. The van der Waals surface area contributed by atoms with Crippen LogP contribution in [0.3, 0.4) is 0 Å². The van der Waals surface area contributed by atoms with E-state index >= 15 is 0 Å². The predicted octanol–water partition coefficient (Wildman–Crippen LogP) is 4.23. The Labute approximate surface area is 166 Å². The molecule has 1 saturated heterocycles.